The molecule has 0 aromatic carbocycles. The van der Waals surface area contributed by atoms with Gasteiger partial charge in [0.25, 0.3) is 0 Å². The molecule has 0 spiro atoms. The highest BCUT2D eigenvalue weighted by Gasteiger charge is 2.42. The summed E-state index contributed by atoms with van der Waals surface area (Å²) in [5, 5.41) is 16.7. The van der Waals surface area contributed by atoms with E-state index in [1.807, 2.05) is 6.92 Å². The van der Waals surface area contributed by atoms with Gasteiger partial charge >= 0.3 is 5.97 Å². The molecule has 4 rings (SSSR count). The fourth-order valence-electron chi connectivity index (χ4n) is 5.44. The van der Waals surface area contributed by atoms with Crippen molar-refractivity contribution in [3.05, 3.63) is 34.7 Å². The third-order valence-electron chi connectivity index (χ3n) is 7.18. The first-order chi connectivity index (χ1) is 16.5. The van der Waals surface area contributed by atoms with Gasteiger partial charge in [-0.1, -0.05) is 25.9 Å². The standard InChI is InChI=1S/C27H38N4O4/c1-15-21(14-28-16(2)29-15)30-22(32)12-19(8-9-23(33)34)25-24(18-6-7-18)26(35-31-25)20-10-17(11-20)13-27(3,4)5/h14,17-20H,6-13H2,1-5H3,(H,30,32)(H,33,34)/t17-,19-,20+/m0/s1. The van der Waals surface area contributed by atoms with Crippen molar-refractivity contribution in [2.24, 2.45) is 11.3 Å². The van der Waals surface area contributed by atoms with Crippen LogP contribution in [0.15, 0.2) is 10.7 Å². The van der Waals surface area contributed by atoms with Gasteiger partial charge in [0.05, 0.1) is 23.3 Å². The van der Waals surface area contributed by atoms with E-state index in [2.05, 4.69) is 41.2 Å². The van der Waals surface area contributed by atoms with E-state index in [1.165, 1.54) is 6.42 Å². The maximum absolute atomic E-state index is 13.0. The van der Waals surface area contributed by atoms with Crippen molar-refractivity contribution in [2.75, 3.05) is 5.32 Å². The molecule has 2 aromatic rings. The van der Waals surface area contributed by atoms with Crippen molar-refractivity contribution in [2.45, 2.75) is 104 Å². The molecule has 0 radical (unpaired) electrons. The molecule has 0 aliphatic heterocycles. The number of rotatable bonds is 10. The van der Waals surface area contributed by atoms with Crippen LogP contribution in [0.2, 0.25) is 0 Å². The van der Waals surface area contributed by atoms with Crippen LogP contribution >= 0.6 is 0 Å². The number of carboxylic acids is 1. The van der Waals surface area contributed by atoms with Crippen LogP contribution in [0, 0.1) is 25.2 Å². The number of aliphatic carboxylic acids is 1. The van der Waals surface area contributed by atoms with Crippen LogP contribution in [0.1, 0.15) is 118 Å². The number of hydrogen-bond acceptors (Lipinski definition) is 6. The summed E-state index contributed by atoms with van der Waals surface area (Å²) in [7, 11) is 0. The van der Waals surface area contributed by atoms with Crippen LogP contribution in [0.25, 0.3) is 0 Å². The molecular formula is C27H38N4O4. The second kappa shape index (κ2) is 10.1. The van der Waals surface area contributed by atoms with Gasteiger partial charge in [-0.3, -0.25) is 9.59 Å². The number of nitrogens with zero attached hydrogens (tertiary/aromatic N) is 3. The molecule has 2 fully saturated rings. The predicted octanol–water partition coefficient (Wildman–Crippen LogP) is 5.87. The molecule has 8 heteroatoms. The smallest absolute Gasteiger partial charge is 0.303 e. The van der Waals surface area contributed by atoms with Crippen LogP contribution in [-0.4, -0.2) is 32.1 Å². The average Bonchev–Trinajstić information content (AvgIpc) is 3.47. The molecule has 0 unspecified atom stereocenters. The largest absolute Gasteiger partial charge is 0.481 e. The molecule has 2 aromatic heterocycles. The second-order valence-electron chi connectivity index (χ2n) is 11.7. The lowest BCUT2D eigenvalue weighted by atomic mass is 9.66. The fourth-order valence-corrected chi connectivity index (χ4v) is 5.44. The second-order valence-corrected chi connectivity index (χ2v) is 11.7. The van der Waals surface area contributed by atoms with E-state index in [1.54, 1.807) is 13.1 Å². The Balaban J connectivity index is 1.51. The lowest BCUT2D eigenvalue weighted by Gasteiger charge is -2.38. The quantitative estimate of drug-likeness (QED) is 0.435. The molecule has 2 N–H and O–H groups in total. The van der Waals surface area contributed by atoms with Gasteiger partial charge < -0.3 is 14.9 Å². The molecule has 190 valence electrons. The number of carbonyl (C=O) groups excluding carboxylic acids is 1. The van der Waals surface area contributed by atoms with Crippen molar-refractivity contribution in [3.63, 3.8) is 0 Å². The molecule has 1 amide bonds. The molecule has 2 aliphatic rings. The van der Waals surface area contributed by atoms with E-state index in [-0.39, 0.29) is 24.7 Å². The number of hydrogen-bond donors (Lipinski definition) is 2. The molecule has 8 nitrogen and oxygen atoms in total. The maximum Gasteiger partial charge on any atom is 0.303 e. The molecule has 0 bridgehead atoms. The van der Waals surface area contributed by atoms with Gasteiger partial charge in [0.2, 0.25) is 5.91 Å². The summed E-state index contributed by atoms with van der Waals surface area (Å²) in [6.07, 6.45) is 7.68. The lowest BCUT2D eigenvalue weighted by molar-refractivity contribution is -0.137. The first-order valence-electron chi connectivity index (χ1n) is 12.8. The van der Waals surface area contributed by atoms with Crippen molar-refractivity contribution >= 4 is 17.6 Å². The van der Waals surface area contributed by atoms with Crippen molar-refractivity contribution in [1.82, 2.24) is 15.1 Å². The summed E-state index contributed by atoms with van der Waals surface area (Å²) in [4.78, 5) is 32.8. The highest BCUT2D eigenvalue weighted by molar-refractivity contribution is 5.91. The van der Waals surface area contributed by atoms with E-state index in [0.717, 1.165) is 42.7 Å². The van der Waals surface area contributed by atoms with E-state index in [0.29, 0.717) is 46.8 Å². The number of carboxylic acid groups (broad SMARTS) is 1. The van der Waals surface area contributed by atoms with Crippen LogP contribution in [0.3, 0.4) is 0 Å². The normalized spacial score (nSPS) is 20.8. The van der Waals surface area contributed by atoms with Crippen molar-refractivity contribution in [1.29, 1.82) is 0 Å². The summed E-state index contributed by atoms with van der Waals surface area (Å²) in [6.45, 7) is 10.5. The topological polar surface area (TPSA) is 118 Å². The zero-order valence-corrected chi connectivity index (χ0v) is 21.6. The van der Waals surface area contributed by atoms with Crippen molar-refractivity contribution < 1.29 is 19.2 Å². The Labute approximate surface area is 207 Å². The third-order valence-corrected chi connectivity index (χ3v) is 7.18. The summed E-state index contributed by atoms with van der Waals surface area (Å²) >= 11 is 0. The van der Waals surface area contributed by atoms with E-state index < -0.39 is 5.97 Å². The Morgan fingerprint density at radius 2 is 1.91 bits per heavy atom. The first-order valence-corrected chi connectivity index (χ1v) is 12.8. The highest BCUT2D eigenvalue weighted by Crippen LogP contribution is 2.53. The van der Waals surface area contributed by atoms with Crippen LogP contribution in [-0.2, 0) is 9.59 Å². The Morgan fingerprint density at radius 3 is 2.51 bits per heavy atom. The minimum atomic E-state index is -0.876. The summed E-state index contributed by atoms with van der Waals surface area (Å²) < 4.78 is 5.95. The van der Waals surface area contributed by atoms with Gasteiger partial charge in [-0.05, 0) is 69.6 Å². The van der Waals surface area contributed by atoms with E-state index >= 15 is 0 Å². The number of anilines is 1. The van der Waals surface area contributed by atoms with Crippen molar-refractivity contribution in [3.8, 4) is 0 Å². The number of amides is 1. The molecular weight excluding hydrogens is 444 g/mol. The Bertz CT molecular complexity index is 1080. The Kier molecular flexibility index (Phi) is 7.29. The maximum atomic E-state index is 13.0. The molecule has 0 saturated heterocycles. The summed E-state index contributed by atoms with van der Waals surface area (Å²) in [5.41, 5.74) is 3.53. The zero-order valence-electron chi connectivity index (χ0n) is 21.6. The van der Waals surface area contributed by atoms with Gasteiger partial charge in [0, 0.05) is 30.2 Å². The van der Waals surface area contributed by atoms with Gasteiger partial charge in [0.15, 0.2) is 0 Å². The molecule has 35 heavy (non-hydrogen) atoms. The Hall–Kier alpha value is -2.77. The number of carbonyl (C=O) groups is 2. The monoisotopic (exact) mass is 482 g/mol. The highest BCUT2D eigenvalue weighted by atomic mass is 16.5. The van der Waals surface area contributed by atoms with Gasteiger partial charge in [-0.2, -0.15) is 0 Å². The predicted molar refractivity (Wildman–Crippen MR) is 132 cm³/mol. The molecule has 2 aliphatic carbocycles. The lowest BCUT2D eigenvalue weighted by Crippen LogP contribution is -2.26. The Morgan fingerprint density at radius 1 is 1.20 bits per heavy atom. The van der Waals surface area contributed by atoms with Crippen LogP contribution in [0.4, 0.5) is 5.69 Å². The van der Waals surface area contributed by atoms with Gasteiger partial charge in [-0.15, -0.1) is 0 Å². The summed E-state index contributed by atoms with van der Waals surface area (Å²) in [6, 6.07) is 0. The van der Waals surface area contributed by atoms with E-state index in [9.17, 15) is 14.7 Å². The SMILES string of the molecule is Cc1ncc(NC(=O)C[C@H](CCC(=O)O)c2noc([C@H]3C[C@@H](CC(C)(C)C)C3)c2C2CC2)c(C)n1. The number of aromatic nitrogens is 3. The third kappa shape index (κ3) is 6.47. The van der Waals surface area contributed by atoms with Gasteiger partial charge in [0.1, 0.15) is 11.6 Å². The van der Waals surface area contributed by atoms with E-state index in [4.69, 9.17) is 4.52 Å². The summed E-state index contributed by atoms with van der Waals surface area (Å²) in [5.74, 6) is 1.73. The minimum Gasteiger partial charge on any atom is -0.481 e. The minimum absolute atomic E-state index is 0.0198. The number of aryl methyl sites for hydroxylation is 2. The molecule has 2 saturated carbocycles. The zero-order chi connectivity index (χ0) is 25.3. The fraction of sp³-hybridized carbons (Fsp3) is 0.667. The number of nitrogens with one attached hydrogen (secondary N) is 1. The average molecular weight is 483 g/mol. The molecule has 1 atom stereocenters. The van der Waals surface area contributed by atoms with Gasteiger partial charge in [-0.25, -0.2) is 9.97 Å². The molecule has 2 heterocycles. The van der Waals surface area contributed by atoms with Crippen LogP contribution < -0.4 is 5.32 Å². The first kappa shape index (κ1) is 25.3. The van der Waals surface area contributed by atoms with Crippen LogP contribution in [0.5, 0.6) is 0 Å².